The van der Waals surface area contributed by atoms with Crippen LogP contribution in [0, 0.1) is 6.92 Å². The number of aromatic nitrogens is 2. The van der Waals surface area contributed by atoms with Crippen molar-refractivity contribution in [1.82, 2.24) is 9.97 Å². The molecule has 0 bridgehead atoms. The topological polar surface area (TPSA) is 126 Å². The fourth-order valence-corrected chi connectivity index (χ4v) is 5.53. The van der Waals surface area contributed by atoms with Crippen molar-refractivity contribution >= 4 is 32.2 Å². The van der Waals surface area contributed by atoms with E-state index in [9.17, 15) is 8.42 Å². The van der Waals surface area contributed by atoms with Crippen molar-refractivity contribution in [1.29, 1.82) is 0 Å². The number of nitrogens with one attached hydrogen (secondary N) is 1. The van der Waals surface area contributed by atoms with E-state index >= 15 is 0 Å². The SMILES string of the molecule is COCCOc1cc2c(N[C@H](C)c3cc(N)cc(S(=O)(=O)C4CC4)c3)nc(C)nc2cc1OC. The first-order valence-electron chi connectivity index (χ1n) is 11.1. The number of aryl methyl sites for hydroxylation is 1. The number of nitrogens with two attached hydrogens (primary N) is 1. The summed E-state index contributed by atoms with van der Waals surface area (Å²) in [6, 6.07) is 8.38. The highest BCUT2D eigenvalue weighted by molar-refractivity contribution is 7.92. The highest BCUT2D eigenvalue weighted by atomic mass is 32.2. The molecule has 1 aromatic heterocycles. The summed E-state index contributed by atoms with van der Waals surface area (Å²) in [7, 11) is -0.171. The summed E-state index contributed by atoms with van der Waals surface area (Å²) in [5.41, 5.74) is 7.94. The van der Waals surface area contributed by atoms with Crippen LogP contribution < -0.4 is 20.5 Å². The second-order valence-corrected chi connectivity index (χ2v) is 10.7. The summed E-state index contributed by atoms with van der Waals surface area (Å²) in [6.45, 7) is 4.55. The fraction of sp³-hybridized carbons (Fsp3) is 0.417. The molecule has 182 valence electrons. The van der Waals surface area contributed by atoms with Gasteiger partial charge in [-0.2, -0.15) is 0 Å². The third-order valence-electron chi connectivity index (χ3n) is 5.73. The van der Waals surface area contributed by atoms with Crippen molar-refractivity contribution in [2.75, 3.05) is 38.5 Å². The Balaban J connectivity index is 1.70. The third-order valence-corrected chi connectivity index (χ3v) is 7.98. The van der Waals surface area contributed by atoms with Crippen LogP contribution in [0.4, 0.5) is 11.5 Å². The second-order valence-electron chi connectivity index (χ2n) is 8.43. The molecule has 34 heavy (non-hydrogen) atoms. The van der Waals surface area contributed by atoms with Crippen molar-refractivity contribution in [3.8, 4) is 11.5 Å². The van der Waals surface area contributed by atoms with E-state index in [4.69, 9.17) is 19.9 Å². The first-order valence-corrected chi connectivity index (χ1v) is 12.7. The summed E-state index contributed by atoms with van der Waals surface area (Å²) < 4.78 is 41.9. The molecule has 1 aliphatic carbocycles. The molecule has 0 spiro atoms. The number of nitrogen functional groups attached to an aromatic ring is 1. The monoisotopic (exact) mass is 486 g/mol. The van der Waals surface area contributed by atoms with Gasteiger partial charge in [-0.25, -0.2) is 18.4 Å². The van der Waals surface area contributed by atoms with Crippen LogP contribution in [-0.2, 0) is 14.6 Å². The molecule has 10 heteroatoms. The molecule has 1 fully saturated rings. The zero-order valence-electron chi connectivity index (χ0n) is 19.8. The molecule has 3 N–H and O–H groups in total. The van der Waals surface area contributed by atoms with E-state index in [0.717, 1.165) is 10.9 Å². The van der Waals surface area contributed by atoms with Crippen molar-refractivity contribution < 1.29 is 22.6 Å². The maximum Gasteiger partial charge on any atom is 0.181 e. The lowest BCUT2D eigenvalue weighted by Crippen LogP contribution is -2.13. The lowest BCUT2D eigenvalue weighted by Gasteiger charge is -2.19. The molecule has 2 aromatic carbocycles. The van der Waals surface area contributed by atoms with Crippen LogP contribution in [0.2, 0.25) is 0 Å². The average Bonchev–Trinajstić information content (AvgIpc) is 3.64. The van der Waals surface area contributed by atoms with Crippen LogP contribution in [0.15, 0.2) is 35.2 Å². The lowest BCUT2D eigenvalue weighted by molar-refractivity contribution is 0.144. The van der Waals surface area contributed by atoms with Crippen LogP contribution in [0.1, 0.15) is 37.2 Å². The van der Waals surface area contributed by atoms with Crippen LogP contribution in [0.5, 0.6) is 11.5 Å². The lowest BCUT2D eigenvalue weighted by atomic mass is 10.1. The number of sulfone groups is 1. The fourth-order valence-electron chi connectivity index (χ4n) is 3.79. The van der Waals surface area contributed by atoms with Gasteiger partial charge in [0.25, 0.3) is 0 Å². The highest BCUT2D eigenvalue weighted by Gasteiger charge is 2.37. The van der Waals surface area contributed by atoms with Crippen molar-refractivity contribution in [3.63, 3.8) is 0 Å². The molecule has 1 atom stereocenters. The number of ether oxygens (including phenoxy) is 3. The predicted molar refractivity (Wildman–Crippen MR) is 131 cm³/mol. The van der Waals surface area contributed by atoms with Crippen LogP contribution in [0.3, 0.4) is 0 Å². The Labute approximate surface area is 199 Å². The quantitative estimate of drug-likeness (QED) is 0.326. The van der Waals surface area contributed by atoms with Gasteiger partial charge in [0.1, 0.15) is 18.2 Å². The normalized spacial score (nSPS) is 14.7. The molecule has 3 aromatic rings. The van der Waals surface area contributed by atoms with E-state index in [1.807, 2.05) is 26.0 Å². The number of fused-ring (bicyclic) bond motifs is 1. The zero-order valence-corrected chi connectivity index (χ0v) is 20.6. The molecule has 9 nitrogen and oxygen atoms in total. The van der Waals surface area contributed by atoms with Gasteiger partial charge < -0.3 is 25.3 Å². The molecule has 0 radical (unpaired) electrons. The zero-order chi connectivity index (χ0) is 24.5. The minimum Gasteiger partial charge on any atom is -0.493 e. The summed E-state index contributed by atoms with van der Waals surface area (Å²) in [5, 5.41) is 3.85. The number of rotatable bonds is 10. The van der Waals surface area contributed by atoms with Crippen molar-refractivity contribution in [3.05, 3.63) is 41.7 Å². The largest absolute Gasteiger partial charge is 0.493 e. The van der Waals surface area contributed by atoms with E-state index in [1.54, 1.807) is 26.4 Å². The van der Waals surface area contributed by atoms with Crippen molar-refractivity contribution in [2.24, 2.45) is 0 Å². The van der Waals surface area contributed by atoms with Gasteiger partial charge in [-0.05, 0) is 56.5 Å². The first-order chi connectivity index (χ1) is 16.2. The number of benzene rings is 2. The molecule has 1 heterocycles. The second kappa shape index (κ2) is 9.63. The molecular weight excluding hydrogens is 456 g/mol. The van der Waals surface area contributed by atoms with Gasteiger partial charge in [0.05, 0.1) is 35.4 Å². The maximum absolute atomic E-state index is 12.8. The standard InChI is InChI=1S/C24H30N4O5S/c1-14(16-9-17(25)11-19(10-16)34(29,30)18-5-6-18)26-24-20-12-23(33-8-7-31-3)22(32-4)13-21(20)27-15(2)28-24/h9-14,18H,5-8,25H2,1-4H3,(H,26,27,28)/t14-/m1/s1. The third kappa shape index (κ3) is 5.02. The van der Waals surface area contributed by atoms with Gasteiger partial charge in [-0.3, -0.25) is 0 Å². The number of nitrogens with zero attached hydrogens (tertiary/aromatic N) is 2. The molecule has 4 rings (SSSR count). The van der Waals surface area contributed by atoms with Gasteiger partial charge in [0, 0.05) is 24.2 Å². The van der Waals surface area contributed by atoms with Crippen LogP contribution >= 0.6 is 0 Å². The first kappa shape index (κ1) is 24.0. The van der Waals surface area contributed by atoms with E-state index < -0.39 is 9.84 Å². The number of anilines is 2. The Morgan fingerprint density at radius 1 is 1.09 bits per heavy atom. The molecule has 0 aliphatic heterocycles. The van der Waals surface area contributed by atoms with Crippen LogP contribution in [-0.4, -0.2) is 51.1 Å². The molecule has 0 unspecified atom stereocenters. The van der Waals surface area contributed by atoms with Crippen LogP contribution in [0.25, 0.3) is 10.9 Å². The van der Waals surface area contributed by atoms with Gasteiger partial charge in [0.15, 0.2) is 21.3 Å². The Bertz CT molecular complexity index is 1310. The van der Waals surface area contributed by atoms with E-state index in [0.29, 0.717) is 60.4 Å². The maximum atomic E-state index is 12.8. The van der Waals surface area contributed by atoms with Gasteiger partial charge >= 0.3 is 0 Å². The summed E-state index contributed by atoms with van der Waals surface area (Å²) in [4.78, 5) is 9.40. The average molecular weight is 487 g/mol. The van der Waals surface area contributed by atoms with Gasteiger partial charge in [-0.1, -0.05) is 0 Å². The Morgan fingerprint density at radius 2 is 1.85 bits per heavy atom. The molecular formula is C24H30N4O5S. The van der Waals surface area contributed by atoms with E-state index in [1.165, 1.54) is 6.07 Å². The summed E-state index contributed by atoms with van der Waals surface area (Å²) in [5.74, 6) is 2.30. The van der Waals surface area contributed by atoms with Gasteiger partial charge in [0.2, 0.25) is 0 Å². The highest BCUT2D eigenvalue weighted by Crippen LogP contribution is 2.37. The number of hydrogen-bond acceptors (Lipinski definition) is 9. The minimum absolute atomic E-state index is 0.265. The number of methoxy groups -OCH3 is 2. The Hall–Kier alpha value is -3.11. The van der Waals surface area contributed by atoms with E-state index in [2.05, 4.69) is 15.3 Å². The van der Waals surface area contributed by atoms with Crippen molar-refractivity contribution in [2.45, 2.75) is 42.9 Å². The Kier molecular flexibility index (Phi) is 6.81. The smallest absolute Gasteiger partial charge is 0.181 e. The predicted octanol–water partition coefficient (Wildman–Crippen LogP) is 3.66. The van der Waals surface area contributed by atoms with E-state index in [-0.39, 0.29) is 16.2 Å². The number of hydrogen-bond donors (Lipinski definition) is 2. The minimum atomic E-state index is -3.36. The summed E-state index contributed by atoms with van der Waals surface area (Å²) in [6.07, 6.45) is 1.40. The summed E-state index contributed by atoms with van der Waals surface area (Å²) >= 11 is 0. The Morgan fingerprint density at radius 3 is 2.53 bits per heavy atom. The van der Waals surface area contributed by atoms with Gasteiger partial charge in [-0.15, -0.1) is 0 Å². The molecule has 1 aliphatic rings. The molecule has 1 saturated carbocycles. The molecule has 0 saturated heterocycles. The molecule has 0 amide bonds.